The lowest BCUT2D eigenvalue weighted by Crippen LogP contribution is -2.14. The maximum absolute atomic E-state index is 12.1. The second-order valence-electron chi connectivity index (χ2n) is 4.45. The molecule has 0 aliphatic heterocycles. The number of aromatic nitrogens is 1. The van der Waals surface area contributed by atoms with Crippen molar-refractivity contribution in [1.29, 1.82) is 0 Å². The molecule has 1 aromatic carbocycles. The molecular weight excluding hydrogens is 272 g/mol. The summed E-state index contributed by atoms with van der Waals surface area (Å²) in [5.41, 5.74) is 7.66. The van der Waals surface area contributed by atoms with Gasteiger partial charge < -0.3 is 11.1 Å². The van der Waals surface area contributed by atoms with Crippen LogP contribution in [0.15, 0.2) is 36.5 Å². The summed E-state index contributed by atoms with van der Waals surface area (Å²) in [7, 11) is 0. The first-order valence-electron chi connectivity index (χ1n) is 6.22. The number of hydrogen-bond acceptors (Lipinski definition) is 5. The Morgan fingerprint density at radius 2 is 2.14 bits per heavy atom. The first-order valence-corrected chi connectivity index (χ1v) is 6.22. The molecule has 2 rings (SSSR count). The molecule has 0 bridgehead atoms. The smallest absolute Gasteiger partial charge is 0.269 e. The highest BCUT2D eigenvalue weighted by molar-refractivity contribution is 6.04. The van der Waals surface area contributed by atoms with Crippen molar-refractivity contribution in [3.63, 3.8) is 0 Å². The van der Waals surface area contributed by atoms with Crippen LogP contribution in [-0.2, 0) is 6.54 Å². The largest absolute Gasteiger partial charge is 0.325 e. The fourth-order valence-corrected chi connectivity index (χ4v) is 1.83. The number of rotatable bonds is 4. The fraction of sp³-hybridized carbons (Fsp3) is 0.143. The molecular formula is C14H14N4O3. The zero-order valence-corrected chi connectivity index (χ0v) is 11.4. The van der Waals surface area contributed by atoms with Gasteiger partial charge in [-0.15, -0.1) is 0 Å². The van der Waals surface area contributed by atoms with E-state index >= 15 is 0 Å². The quantitative estimate of drug-likeness (QED) is 0.659. The van der Waals surface area contributed by atoms with Gasteiger partial charge >= 0.3 is 0 Å². The number of nitrogens with one attached hydrogen (secondary N) is 1. The van der Waals surface area contributed by atoms with Crippen molar-refractivity contribution in [2.24, 2.45) is 5.73 Å². The van der Waals surface area contributed by atoms with Gasteiger partial charge in [0.1, 0.15) is 0 Å². The number of carbonyl (C=O) groups excluding carboxylic acids is 1. The lowest BCUT2D eigenvalue weighted by atomic mass is 10.1. The van der Waals surface area contributed by atoms with E-state index in [2.05, 4.69) is 10.3 Å². The van der Waals surface area contributed by atoms with Crippen molar-refractivity contribution in [2.45, 2.75) is 13.5 Å². The van der Waals surface area contributed by atoms with Gasteiger partial charge in [-0.25, -0.2) is 0 Å². The van der Waals surface area contributed by atoms with Crippen molar-refractivity contribution in [3.05, 3.63) is 63.5 Å². The highest BCUT2D eigenvalue weighted by Gasteiger charge is 2.12. The summed E-state index contributed by atoms with van der Waals surface area (Å²) >= 11 is 0. The van der Waals surface area contributed by atoms with E-state index < -0.39 is 4.92 Å². The third-order valence-electron chi connectivity index (χ3n) is 2.96. The number of benzene rings is 1. The predicted molar refractivity (Wildman–Crippen MR) is 77.9 cm³/mol. The average molecular weight is 286 g/mol. The second kappa shape index (κ2) is 6.10. The number of amides is 1. The number of nitro benzene ring substituents is 1. The monoisotopic (exact) mass is 286 g/mol. The molecule has 21 heavy (non-hydrogen) atoms. The molecule has 0 spiro atoms. The van der Waals surface area contributed by atoms with Crippen molar-refractivity contribution in [3.8, 4) is 0 Å². The average Bonchev–Trinajstić information content (AvgIpc) is 2.49. The van der Waals surface area contributed by atoms with Crippen LogP contribution in [0.5, 0.6) is 0 Å². The first kappa shape index (κ1) is 14.6. The van der Waals surface area contributed by atoms with Crippen LogP contribution in [0.25, 0.3) is 0 Å². The maximum atomic E-state index is 12.1. The van der Waals surface area contributed by atoms with Gasteiger partial charge in [-0.1, -0.05) is 0 Å². The van der Waals surface area contributed by atoms with Gasteiger partial charge in [0.05, 0.1) is 10.6 Å². The first-order chi connectivity index (χ1) is 10.0. The van der Waals surface area contributed by atoms with Crippen LogP contribution < -0.4 is 11.1 Å². The van der Waals surface area contributed by atoms with Crippen LogP contribution in [0.1, 0.15) is 21.6 Å². The molecule has 0 fully saturated rings. The van der Waals surface area contributed by atoms with Crippen molar-refractivity contribution >= 4 is 17.3 Å². The Bertz CT molecular complexity index is 700. The van der Waals surface area contributed by atoms with E-state index in [1.807, 2.05) is 0 Å². The lowest BCUT2D eigenvalue weighted by molar-refractivity contribution is -0.384. The minimum absolute atomic E-state index is 0.0140. The number of non-ortho nitro benzene ring substituents is 1. The molecule has 1 aromatic heterocycles. The minimum atomic E-state index is -0.477. The normalized spacial score (nSPS) is 10.2. The van der Waals surface area contributed by atoms with Crippen LogP contribution in [0.4, 0.5) is 11.4 Å². The Kier molecular flexibility index (Phi) is 4.24. The summed E-state index contributed by atoms with van der Waals surface area (Å²) < 4.78 is 0. The standard InChI is InChI=1S/C14H14N4O3/c1-9-6-12(18(20)21)2-3-13(9)17-14(19)10-4-5-16-11(7-10)8-15/h2-7H,8,15H2,1H3,(H,17,19). The zero-order valence-electron chi connectivity index (χ0n) is 11.4. The minimum Gasteiger partial charge on any atom is -0.325 e. The summed E-state index contributed by atoms with van der Waals surface area (Å²) in [6, 6.07) is 7.45. The third-order valence-corrected chi connectivity index (χ3v) is 2.96. The van der Waals surface area contributed by atoms with Crippen LogP contribution in [-0.4, -0.2) is 15.8 Å². The summed E-state index contributed by atoms with van der Waals surface area (Å²) in [5.74, 6) is -0.316. The Labute approximate surface area is 121 Å². The van der Waals surface area contributed by atoms with E-state index in [-0.39, 0.29) is 18.1 Å². The molecule has 108 valence electrons. The molecule has 0 atom stereocenters. The SMILES string of the molecule is Cc1cc([N+](=O)[O-])ccc1NC(=O)c1ccnc(CN)c1. The van der Waals surface area contributed by atoms with Crippen LogP contribution >= 0.6 is 0 Å². The molecule has 0 aliphatic carbocycles. The number of nitrogens with two attached hydrogens (primary N) is 1. The van der Waals surface area contributed by atoms with Gasteiger partial charge in [0, 0.05) is 36.1 Å². The highest BCUT2D eigenvalue weighted by atomic mass is 16.6. The van der Waals surface area contributed by atoms with E-state index in [1.54, 1.807) is 19.1 Å². The van der Waals surface area contributed by atoms with Gasteiger partial charge in [-0.3, -0.25) is 19.9 Å². The van der Waals surface area contributed by atoms with Crippen LogP contribution in [0.2, 0.25) is 0 Å². The highest BCUT2D eigenvalue weighted by Crippen LogP contribution is 2.21. The van der Waals surface area contributed by atoms with Gasteiger partial charge in [0.2, 0.25) is 0 Å². The molecule has 7 heteroatoms. The number of pyridine rings is 1. The number of carbonyl (C=O) groups is 1. The summed E-state index contributed by atoms with van der Waals surface area (Å²) in [4.78, 5) is 26.4. The Morgan fingerprint density at radius 3 is 2.76 bits per heavy atom. The molecule has 0 saturated carbocycles. The zero-order chi connectivity index (χ0) is 15.4. The molecule has 7 nitrogen and oxygen atoms in total. The van der Waals surface area contributed by atoms with Crippen molar-refractivity contribution < 1.29 is 9.72 Å². The molecule has 3 N–H and O–H groups in total. The molecule has 1 heterocycles. The van der Waals surface area contributed by atoms with Crippen LogP contribution in [0, 0.1) is 17.0 Å². The molecule has 0 saturated heterocycles. The molecule has 1 amide bonds. The molecule has 0 radical (unpaired) electrons. The lowest BCUT2D eigenvalue weighted by Gasteiger charge is -2.08. The number of aryl methyl sites for hydroxylation is 1. The molecule has 2 aromatic rings. The predicted octanol–water partition coefficient (Wildman–Crippen LogP) is 2.01. The van der Waals surface area contributed by atoms with E-state index in [1.165, 1.54) is 24.4 Å². The number of nitrogens with zero attached hydrogens (tertiary/aromatic N) is 2. The Balaban J connectivity index is 2.21. The summed E-state index contributed by atoms with van der Waals surface area (Å²) in [6.45, 7) is 1.94. The number of anilines is 1. The summed E-state index contributed by atoms with van der Waals surface area (Å²) in [5, 5.41) is 13.4. The maximum Gasteiger partial charge on any atom is 0.269 e. The van der Waals surface area contributed by atoms with Gasteiger partial charge in [0.15, 0.2) is 0 Å². The molecule has 0 unspecified atom stereocenters. The number of nitro groups is 1. The second-order valence-corrected chi connectivity index (χ2v) is 4.45. The van der Waals surface area contributed by atoms with E-state index in [9.17, 15) is 14.9 Å². The molecule has 0 aliphatic rings. The third kappa shape index (κ3) is 3.40. The van der Waals surface area contributed by atoms with Gasteiger partial charge in [-0.2, -0.15) is 0 Å². The fourth-order valence-electron chi connectivity index (χ4n) is 1.83. The van der Waals surface area contributed by atoms with Gasteiger partial charge in [0.25, 0.3) is 11.6 Å². The van der Waals surface area contributed by atoms with Crippen LogP contribution in [0.3, 0.4) is 0 Å². The van der Waals surface area contributed by atoms with E-state index in [4.69, 9.17) is 5.73 Å². The Hall–Kier alpha value is -2.80. The van der Waals surface area contributed by atoms with E-state index in [0.29, 0.717) is 22.5 Å². The Morgan fingerprint density at radius 1 is 1.38 bits per heavy atom. The van der Waals surface area contributed by atoms with Crippen molar-refractivity contribution in [2.75, 3.05) is 5.32 Å². The summed E-state index contributed by atoms with van der Waals surface area (Å²) in [6.07, 6.45) is 1.51. The van der Waals surface area contributed by atoms with Gasteiger partial charge in [-0.05, 0) is 30.7 Å². The number of hydrogen-bond donors (Lipinski definition) is 2. The van der Waals surface area contributed by atoms with E-state index in [0.717, 1.165) is 0 Å². The van der Waals surface area contributed by atoms with Crippen molar-refractivity contribution in [1.82, 2.24) is 4.98 Å². The topological polar surface area (TPSA) is 111 Å².